The van der Waals surface area contributed by atoms with Gasteiger partial charge in [-0.25, -0.2) is 17.5 Å². The van der Waals surface area contributed by atoms with Crippen LogP contribution >= 0.6 is 0 Å². The summed E-state index contributed by atoms with van der Waals surface area (Å²) in [6.07, 6.45) is 5.96. The third kappa shape index (κ3) is 5.20. The van der Waals surface area contributed by atoms with Gasteiger partial charge in [0.05, 0.1) is 6.26 Å². The van der Waals surface area contributed by atoms with Gasteiger partial charge in [-0.15, -0.1) is 0 Å². The summed E-state index contributed by atoms with van der Waals surface area (Å²) in [5.41, 5.74) is 1.36. The molecule has 2 saturated heterocycles. The number of hydrogen-bond acceptors (Lipinski definition) is 3. The first kappa shape index (κ1) is 19.2. The quantitative estimate of drug-likeness (QED) is 0.871. The van der Waals surface area contributed by atoms with Crippen LogP contribution in [0.5, 0.6) is 0 Å². The molecule has 0 radical (unpaired) electrons. The smallest absolute Gasteiger partial charge is 0.317 e. The Morgan fingerprint density at radius 3 is 2.46 bits per heavy atom. The number of urea groups is 1. The molecular weight excluding hydrogens is 350 g/mol. The molecule has 2 aliphatic heterocycles. The summed E-state index contributed by atoms with van der Waals surface area (Å²) in [5, 5.41) is 3.04. The second kappa shape index (κ2) is 8.39. The molecule has 0 aromatic heterocycles. The number of nitrogens with zero attached hydrogens (tertiary/aromatic N) is 2. The van der Waals surface area contributed by atoms with E-state index in [1.807, 2.05) is 11.0 Å². The molecule has 1 unspecified atom stereocenters. The standard InChI is InChI=1S/C19H29N3O3S/c1-26(24,25)22-11-5-8-18(15-22)20-19(23)21-12-9-17(10-13-21)14-16-6-3-2-4-7-16/h2-4,6-7,17-18H,5,8-15H2,1H3,(H,20,23). The van der Waals surface area contributed by atoms with Crippen molar-refractivity contribution in [1.82, 2.24) is 14.5 Å². The van der Waals surface area contributed by atoms with Gasteiger partial charge in [0.2, 0.25) is 10.0 Å². The van der Waals surface area contributed by atoms with Gasteiger partial charge in [-0.05, 0) is 43.6 Å². The number of nitrogens with one attached hydrogen (secondary N) is 1. The zero-order chi connectivity index (χ0) is 18.6. The molecule has 2 heterocycles. The first-order valence-electron chi connectivity index (χ1n) is 9.46. The van der Waals surface area contributed by atoms with E-state index < -0.39 is 10.0 Å². The number of hydrogen-bond donors (Lipinski definition) is 1. The van der Waals surface area contributed by atoms with Gasteiger partial charge in [-0.3, -0.25) is 0 Å². The normalized spacial score (nSPS) is 23.0. The zero-order valence-electron chi connectivity index (χ0n) is 15.4. The predicted octanol–water partition coefficient (Wildman–Crippen LogP) is 2.07. The van der Waals surface area contributed by atoms with E-state index in [-0.39, 0.29) is 12.1 Å². The molecule has 26 heavy (non-hydrogen) atoms. The molecule has 1 aromatic carbocycles. The zero-order valence-corrected chi connectivity index (χ0v) is 16.2. The van der Waals surface area contributed by atoms with Crippen LogP contribution in [0.15, 0.2) is 30.3 Å². The van der Waals surface area contributed by atoms with Crippen molar-refractivity contribution in [2.45, 2.75) is 38.1 Å². The molecule has 3 rings (SSSR count). The van der Waals surface area contributed by atoms with Gasteiger partial charge in [0.1, 0.15) is 0 Å². The maximum absolute atomic E-state index is 12.5. The first-order chi connectivity index (χ1) is 12.4. The van der Waals surface area contributed by atoms with Crippen molar-refractivity contribution in [3.05, 3.63) is 35.9 Å². The summed E-state index contributed by atoms with van der Waals surface area (Å²) < 4.78 is 24.9. The number of benzene rings is 1. The van der Waals surface area contributed by atoms with E-state index >= 15 is 0 Å². The second-order valence-corrected chi connectivity index (χ2v) is 9.51. The number of carbonyl (C=O) groups is 1. The van der Waals surface area contributed by atoms with Gasteiger partial charge in [-0.1, -0.05) is 30.3 Å². The Balaban J connectivity index is 1.45. The van der Waals surface area contributed by atoms with Gasteiger partial charge in [0.15, 0.2) is 0 Å². The molecule has 2 amide bonds. The monoisotopic (exact) mass is 379 g/mol. The number of amides is 2. The maximum Gasteiger partial charge on any atom is 0.317 e. The summed E-state index contributed by atoms with van der Waals surface area (Å²) >= 11 is 0. The summed E-state index contributed by atoms with van der Waals surface area (Å²) in [5.74, 6) is 0.622. The largest absolute Gasteiger partial charge is 0.334 e. The first-order valence-corrected chi connectivity index (χ1v) is 11.3. The van der Waals surface area contributed by atoms with E-state index in [0.29, 0.717) is 19.0 Å². The topological polar surface area (TPSA) is 69.7 Å². The third-order valence-corrected chi connectivity index (χ3v) is 6.72. The lowest BCUT2D eigenvalue weighted by Gasteiger charge is -2.35. The van der Waals surface area contributed by atoms with Crippen molar-refractivity contribution in [2.24, 2.45) is 5.92 Å². The number of carbonyl (C=O) groups excluding carboxylic acids is 1. The van der Waals surface area contributed by atoms with E-state index in [1.54, 1.807) is 0 Å². The van der Waals surface area contributed by atoms with E-state index in [2.05, 4.69) is 29.6 Å². The molecule has 0 spiro atoms. The fourth-order valence-electron chi connectivity index (χ4n) is 3.91. The summed E-state index contributed by atoms with van der Waals surface area (Å²) in [6, 6.07) is 10.4. The molecule has 0 saturated carbocycles. The molecule has 2 fully saturated rings. The van der Waals surface area contributed by atoms with Crippen LogP contribution < -0.4 is 5.32 Å². The minimum absolute atomic E-state index is 0.0523. The molecule has 0 bridgehead atoms. The van der Waals surface area contributed by atoms with Gasteiger partial charge in [-0.2, -0.15) is 0 Å². The Labute approximate surface area is 156 Å². The molecule has 1 N–H and O–H groups in total. The molecule has 1 atom stereocenters. The maximum atomic E-state index is 12.5. The summed E-state index contributed by atoms with van der Waals surface area (Å²) in [7, 11) is -3.19. The lowest BCUT2D eigenvalue weighted by atomic mass is 9.90. The van der Waals surface area contributed by atoms with Crippen LogP contribution in [0.1, 0.15) is 31.2 Å². The predicted molar refractivity (Wildman–Crippen MR) is 102 cm³/mol. The minimum atomic E-state index is -3.19. The van der Waals surface area contributed by atoms with Crippen LogP contribution in [0.25, 0.3) is 0 Å². The molecular formula is C19H29N3O3S. The highest BCUT2D eigenvalue weighted by atomic mass is 32.2. The molecule has 144 valence electrons. The number of sulfonamides is 1. The highest BCUT2D eigenvalue weighted by Crippen LogP contribution is 2.22. The third-order valence-electron chi connectivity index (χ3n) is 5.45. The fraction of sp³-hybridized carbons (Fsp3) is 0.632. The van der Waals surface area contributed by atoms with Crippen molar-refractivity contribution in [1.29, 1.82) is 0 Å². The average molecular weight is 380 g/mol. The van der Waals surface area contributed by atoms with Crippen LogP contribution in [0.2, 0.25) is 0 Å². The highest BCUT2D eigenvalue weighted by molar-refractivity contribution is 7.88. The van der Waals surface area contributed by atoms with Crippen molar-refractivity contribution < 1.29 is 13.2 Å². The van der Waals surface area contributed by atoms with Gasteiger partial charge in [0.25, 0.3) is 0 Å². The Kier molecular flexibility index (Phi) is 6.19. The van der Waals surface area contributed by atoms with Crippen LogP contribution in [0.4, 0.5) is 4.79 Å². The van der Waals surface area contributed by atoms with Gasteiger partial charge >= 0.3 is 6.03 Å². The van der Waals surface area contributed by atoms with Crippen LogP contribution in [-0.4, -0.2) is 62.1 Å². The second-order valence-electron chi connectivity index (χ2n) is 7.53. The fourth-order valence-corrected chi connectivity index (χ4v) is 4.83. The van der Waals surface area contributed by atoms with E-state index in [9.17, 15) is 13.2 Å². The summed E-state index contributed by atoms with van der Waals surface area (Å²) in [6.45, 7) is 2.48. The van der Waals surface area contributed by atoms with Crippen molar-refractivity contribution in [3.63, 3.8) is 0 Å². The van der Waals surface area contributed by atoms with Crippen molar-refractivity contribution in [3.8, 4) is 0 Å². The molecule has 6 nitrogen and oxygen atoms in total. The van der Waals surface area contributed by atoms with Crippen LogP contribution in [0, 0.1) is 5.92 Å². The van der Waals surface area contributed by atoms with E-state index in [1.165, 1.54) is 16.1 Å². The van der Waals surface area contributed by atoms with Gasteiger partial charge < -0.3 is 10.2 Å². The Bertz CT molecular complexity index is 700. The lowest BCUT2D eigenvalue weighted by molar-refractivity contribution is 0.162. The van der Waals surface area contributed by atoms with Gasteiger partial charge in [0, 0.05) is 32.2 Å². The molecule has 0 aliphatic carbocycles. The lowest BCUT2D eigenvalue weighted by Crippen LogP contribution is -2.53. The molecule has 7 heteroatoms. The van der Waals surface area contributed by atoms with E-state index in [0.717, 1.165) is 45.2 Å². The van der Waals surface area contributed by atoms with Crippen LogP contribution in [-0.2, 0) is 16.4 Å². The van der Waals surface area contributed by atoms with Crippen LogP contribution in [0.3, 0.4) is 0 Å². The Morgan fingerprint density at radius 1 is 1.12 bits per heavy atom. The number of likely N-dealkylation sites (tertiary alicyclic amines) is 1. The minimum Gasteiger partial charge on any atom is -0.334 e. The number of rotatable bonds is 4. The Morgan fingerprint density at radius 2 is 1.81 bits per heavy atom. The van der Waals surface area contributed by atoms with E-state index in [4.69, 9.17) is 0 Å². The van der Waals surface area contributed by atoms with Crippen molar-refractivity contribution in [2.75, 3.05) is 32.4 Å². The SMILES string of the molecule is CS(=O)(=O)N1CCCC(NC(=O)N2CCC(Cc3ccccc3)CC2)C1. The Hall–Kier alpha value is -1.60. The average Bonchev–Trinajstić information content (AvgIpc) is 2.63. The van der Waals surface area contributed by atoms with Crippen molar-refractivity contribution >= 4 is 16.1 Å². The molecule has 1 aromatic rings. The summed E-state index contributed by atoms with van der Waals surface area (Å²) in [4.78, 5) is 14.4. The molecule has 2 aliphatic rings. The number of piperidine rings is 2. The highest BCUT2D eigenvalue weighted by Gasteiger charge is 2.29.